The fourth-order valence-corrected chi connectivity index (χ4v) is 4.50. The van der Waals surface area contributed by atoms with Gasteiger partial charge in [-0.2, -0.15) is 0 Å². The summed E-state index contributed by atoms with van der Waals surface area (Å²) in [5, 5.41) is 30.3. The van der Waals surface area contributed by atoms with Gasteiger partial charge in [0.05, 0.1) is 18.1 Å². The minimum absolute atomic E-state index is 0. The number of allylic oxidation sites excluding steroid dienone is 3. The summed E-state index contributed by atoms with van der Waals surface area (Å²) in [6.45, 7) is 6.01. The molecule has 0 fully saturated rings. The maximum atomic E-state index is 12.4. The largest absolute Gasteiger partial charge is 1.00 e. The molecule has 0 aromatic rings. The Bertz CT molecular complexity index is 578. The summed E-state index contributed by atoms with van der Waals surface area (Å²) in [6.07, 6.45) is 9.46. The first-order chi connectivity index (χ1) is 13.9. The summed E-state index contributed by atoms with van der Waals surface area (Å²) in [5.41, 5.74) is 1.24. The predicted octanol–water partition coefficient (Wildman–Crippen LogP) is -0.319. The standard InChI is InChI=1S/C23H38O6.Na/c1-4-15(2)23(26)29-21-7-5-6-17-9-8-16(3)20(22(17)21)11-10-18(24)14-19(25)12-13-28-27;/h6,8-9,15-16,18-22,24-25,27H,4-5,7,10-14H2,1-3H3;/q;+1/p-1/t15?,16?,18-,19?,20?,21?,22?;/m1./s1. The van der Waals surface area contributed by atoms with Crippen molar-refractivity contribution in [1.82, 2.24) is 0 Å². The van der Waals surface area contributed by atoms with E-state index in [1.165, 1.54) is 5.57 Å². The molecule has 2 aliphatic carbocycles. The molecule has 2 N–H and O–H groups in total. The third-order valence-corrected chi connectivity index (χ3v) is 6.54. The Balaban J connectivity index is 0.00000450. The SMILES string of the molecule is CCC(C)C(=O)OC1CCC=C2C=CC(C)C(CC[C@@H](O)CC(O)CCO[O-])C21.[Na+]. The summed E-state index contributed by atoms with van der Waals surface area (Å²) in [7, 11) is 0. The van der Waals surface area contributed by atoms with Crippen LogP contribution in [0.25, 0.3) is 0 Å². The second-order valence-electron chi connectivity index (χ2n) is 8.71. The van der Waals surface area contributed by atoms with E-state index in [1.54, 1.807) is 0 Å². The van der Waals surface area contributed by atoms with Crippen molar-refractivity contribution in [2.75, 3.05) is 6.61 Å². The van der Waals surface area contributed by atoms with E-state index in [-0.39, 0.29) is 78.8 Å². The van der Waals surface area contributed by atoms with Crippen molar-refractivity contribution in [2.45, 2.75) is 84.0 Å². The number of hydrogen-bond acceptors (Lipinski definition) is 6. The van der Waals surface area contributed by atoms with Crippen LogP contribution in [0.4, 0.5) is 0 Å². The number of esters is 1. The monoisotopic (exact) mass is 432 g/mol. The maximum absolute atomic E-state index is 12.4. The van der Waals surface area contributed by atoms with E-state index in [2.05, 4.69) is 30.0 Å². The van der Waals surface area contributed by atoms with Crippen LogP contribution in [0.1, 0.15) is 65.7 Å². The molecule has 0 bridgehead atoms. The Kier molecular flexibility index (Phi) is 13.0. The third-order valence-electron chi connectivity index (χ3n) is 6.54. The molecule has 2 rings (SSSR count). The van der Waals surface area contributed by atoms with Gasteiger partial charge in [-0.15, -0.1) is 0 Å². The van der Waals surface area contributed by atoms with Gasteiger partial charge >= 0.3 is 35.5 Å². The first kappa shape index (κ1) is 27.8. The Hall–Kier alpha value is -0.210. The number of carbonyl (C=O) groups excluding carboxylic acids is 1. The predicted molar refractivity (Wildman–Crippen MR) is 108 cm³/mol. The van der Waals surface area contributed by atoms with Crippen LogP contribution in [0.5, 0.6) is 0 Å². The molecule has 30 heavy (non-hydrogen) atoms. The first-order valence-electron chi connectivity index (χ1n) is 11.1. The smallest absolute Gasteiger partial charge is 0.723 e. The molecule has 6 nitrogen and oxygen atoms in total. The van der Waals surface area contributed by atoms with Crippen LogP contribution in [0.3, 0.4) is 0 Å². The Labute approximate surface area is 202 Å². The zero-order valence-electron chi connectivity index (χ0n) is 19.0. The second-order valence-corrected chi connectivity index (χ2v) is 8.71. The number of fused-ring (bicyclic) bond motifs is 1. The number of hydrogen-bond donors (Lipinski definition) is 2. The fraction of sp³-hybridized carbons (Fsp3) is 0.783. The molecular weight excluding hydrogens is 395 g/mol. The van der Waals surface area contributed by atoms with Gasteiger partial charge in [0.2, 0.25) is 0 Å². The quantitative estimate of drug-likeness (QED) is 0.201. The van der Waals surface area contributed by atoms with Gasteiger partial charge in [0.25, 0.3) is 0 Å². The van der Waals surface area contributed by atoms with E-state index in [4.69, 9.17) is 4.74 Å². The van der Waals surface area contributed by atoms with Crippen molar-refractivity contribution >= 4 is 5.97 Å². The van der Waals surface area contributed by atoms with E-state index in [0.717, 1.165) is 25.7 Å². The molecule has 2 aliphatic rings. The zero-order chi connectivity index (χ0) is 21.4. The van der Waals surface area contributed by atoms with Gasteiger partial charge < -0.3 is 25.1 Å². The van der Waals surface area contributed by atoms with Gasteiger partial charge in [0.1, 0.15) is 6.10 Å². The fourth-order valence-electron chi connectivity index (χ4n) is 4.50. The molecule has 7 atom stereocenters. The van der Waals surface area contributed by atoms with Gasteiger partial charge in [-0.3, -0.25) is 4.79 Å². The second kappa shape index (κ2) is 14.0. The zero-order valence-corrected chi connectivity index (χ0v) is 21.0. The van der Waals surface area contributed by atoms with E-state index >= 15 is 0 Å². The van der Waals surface area contributed by atoms with Gasteiger partial charge in [-0.1, -0.05) is 39.0 Å². The van der Waals surface area contributed by atoms with E-state index < -0.39 is 12.2 Å². The molecule has 0 aromatic heterocycles. The van der Waals surface area contributed by atoms with Crippen molar-refractivity contribution < 1.29 is 59.4 Å². The van der Waals surface area contributed by atoms with E-state index in [9.17, 15) is 20.3 Å². The van der Waals surface area contributed by atoms with Crippen LogP contribution in [-0.2, 0) is 14.4 Å². The molecule has 0 heterocycles. The van der Waals surface area contributed by atoms with Gasteiger partial charge in [-0.05, 0) is 62.4 Å². The van der Waals surface area contributed by atoms with Crippen LogP contribution >= 0.6 is 0 Å². The molecule has 0 radical (unpaired) electrons. The third kappa shape index (κ3) is 8.05. The van der Waals surface area contributed by atoms with Crippen molar-refractivity contribution in [3.05, 3.63) is 23.8 Å². The molecule has 166 valence electrons. The first-order valence-corrected chi connectivity index (χ1v) is 11.1. The molecule has 0 saturated heterocycles. The van der Waals surface area contributed by atoms with Gasteiger partial charge in [0.15, 0.2) is 0 Å². The minimum Gasteiger partial charge on any atom is -0.723 e. The van der Waals surface area contributed by atoms with Crippen molar-refractivity contribution in [2.24, 2.45) is 23.7 Å². The molecular formula is C23H37NaO6. The van der Waals surface area contributed by atoms with Crippen molar-refractivity contribution in [3.8, 4) is 0 Å². The number of aliphatic hydroxyl groups excluding tert-OH is 2. The number of ether oxygens (including phenoxy) is 1. The van der Waals surface area contributed by atoms with E-state index in [0.29, 0.717) is 12.3 Å². The molecule has 0 spiro atoms. The number of carbonyl (C=O) groups is 1. The minimum atomic E-state index is -0.739. The van der Waals surface area contributed by atoms with Gasteiger partial charge in [0, 0.05) is 12.5 Å². The number of rotatable bonds is 11. The van der Waals surface area contributed by atoms with Crippen LogP contribution < -0.4 is 34.8 Å². The van der Waals surface area contributed by atoms with Crippen molar-refractivity contribution in [3.63, 3.8) is 0 Å². The summed E-state index contributed by atoms with van der Waals surface area (Å²) in [5.74, 6) is 0.538. The van der Waals surface area contributed by atoms with Crippen LogP contribution in [0.15, 0.2) is 23.8 Å². The average molecular weight is 433 g/mol. The summed E-state index contributed by atoms with van der Waals surface area (Å²) in [4.78, 5) is 16.2. The Morgan fingerprint density at radius 2 is 2.00 bits per heavy atom. The van der Waals surface area contributed by atoms with E-state index in [1.807, 2.05) is 13.8 Å². The Morgan fingerprint density at radius 1 is 1.30 bits per heavy atom. The summed E-state index contributed by atoms with van der Waals surface area (Å²) >= 11 is 0. The number of aliphatic hydroxyl groups is 2. The normalized spacial score (nSPS) is 28.5. The van der Waals surface area contributed by atoms with Crippen LogP contribution in [-0.4, -0.2) is 41.1 Å². The van der Waals surface area contributed by atoms with Crippen LogP contribution in [0.2, 0.25) is 0 Å². The topological polar surface area (TPSA) is 99.1 Å². The maximum Gasteiger partial charge on any atom is 1.00 e. The molecule has 0 saturated carbocycles. The van der Waals surface area contributed by atoms with Crippen molar-refractivity contribution in [1.29, 1.82) is 0 Å². The Morgan fingerprint density at radius 3 is 2.67 bits per heavy atom. The summed E-state index contributed by atoms with van der Waals surface area (Å²) < 4.78 is 5.95. The molecule has 0 amide bonds. The summed E-state index contributed by atoms with van der Waals surface area (Å²) in [6, 6.07) is 0. The van der Waals surface area contributed by atoms with Gasteiger partial charge in [-0.25, -0.2) is 0 Å². The average Bonchev–Trinajstić information content (AvgIpc) is 2.71. The molecule has 7 heteroatoms. The molecule has 0 aromatic carbocycles. The van der Waals surface area contributed by atoms with Crippen LogP contribution in [0, 0.1) is 23.7 Å². The molecule has 0 aliphatic heterocycles. The molecule has 6 unspecified atom stereocenters.